The van der Waals surface area contributed by atoms with E-state index in [-0.39, 0.29) is 29.7 Å². The number of aliphatic imine (C=N–C) groups is 1. The Morgan fingerprint density at radius 3 is 2.68 bits per heavy atom. The number of methoxy groups -OCH3 is 1. The fourth-order valence-corrected chi connectivity index (χ4v) is 4.49. The third-order valence-electron chi connectivity index (χ3n) is 4.23. The summed E-state index contributed by atoms with van der Waals surface area (Å²) in [4.78, 5) is 6.29. The van der Waals surface area contributed by atoms with Gasteiger partial charge in [0.1, 0.15) is 5.75 Å². The molecule has 9 heteroatoms. The van der Waals surface area contributed by atoms with Crippen molar-refractivity contribution in [3.8, 4) is 5.75 Å². The van der Waals surface area contributed by atoms with E-state index in [1.807, 2.05) is 23.1 Å². The predicted octanol–water partition coefficient (Wildman–Crippen LogP) is 2.66. The van der Waals surface area contributed by atoms with Crippen LogP contribution in [0, 0.1) is 0 Å². The molecule has 25 heavy (non-hydrogen) atoms. The molecular weight excluding hydrogens is 521 g/mol. The van der Waals surface area contributed by atoms with Crippen molar-refractivity contribution < 1.29 is 13.2 Å². The van der Waals surface area contributed by atoms with Gasteiger partial charge < -0.3 is 15.0 Å². The van der Waals surface area contributed by atoms with Gasteiger partial charge in [-0.25, -0.2) is 8.42 Å². The average molecular weight is 546 g/mol. The van der Waals surface area contributed by atoms with E-state index in [2.05, 4.69) is 26.2 Å². The fourth-order valence-electron chi connectivity index (χ4n) is 2.72. The monoisotopic (exact) mass is 545 g/mol. The SMILES string of the molecule is CN=C(NCc1cc(Br)ccc1OC)N1CCS(=O)(=O)C(C)(C)C1.I. The summed E-state index contributed by atoms with van der Waals surface area (Å²) < 4.78 is 29.9. The van der Waals surface area contributed by atoms with Crippen LogP contribution in [0.2, 0.25) is 0 Å². The summed E-state index contributed by atoms with van der Waals surface area (Å²) in [6.07, 6.45) is 0. The summed E-state index contributed by atoms with van der Waals surface area (Å²) in [7, 11) is 0.274. The quantitative estimate of drug-likeness (QED) is 0.359. The van der Waals surface area contributed by atoms with Gasteiger partial charge >= 0.3 is 0 Å². The maximum Gasteiger partial charge on any atom is 0.193 e. The second kappa shape index (κ2) is 8.90. The number of ether oxygens (including phenoxy) is 1. The number of rotatable bonds is 3. The minimum Gasteiger partial charge on any atom is -0.496 e. The molecule has 0 atom stereocenters. The van der Waals surface area contributed by atoms with E-state index in [0.717, 1.165) is 15.8 Å². The highest BCUT2D eigenvalue weighted by Gasteiger charge is 2.40. The Balaban J connectivity index is 0.00000312. The molecule has 1 heterocycles. The molecule has 0 unspecified atom stereocenters. The highest BCUT2D eigenvalue weighted by Crippen LogP contribution is 2.25. The first-order valence-electron chi connectivity index (χ1n) is 7.70. The van der Waals surface area contributed by atoms with Gasteiger partial charge in [0.25, 0.3) is 0 Å². The third kappa shape index (κ3) is 5.22. The number of halogens is 2. The zero-order valence-electron chi connectivity index (χ0n) is 14.9. The van der Waals surface area contributed by atoms with Crippen molar-refractivity contribution in [3.05, 3.63) is 28.2 Å². The minimum absolute atomic E-state index is 0. The van der Waals surface area contributed by atoms with Crippen LogP contribution in [-0.2, 0) is 16.4 Å². The number of guanidine groups is 1. The summed E-state index contributed by atoms with van der Waals surface area (Å²) >= 11 is 3.46. The number of hydrogen-bond donors (Lipinski definition) is 1. The van der Waals surface area contributed by atoms with Crippen molar-refractivity contribution >= 4 is 55.7 Å². The Morgan fingerprint density at radius 2 is 2.12 bits per heavy atom. The van der Waals surface area contributed by atoms with Crippen LogP contribution in [0.15, 0.2) is 27.7 Å². The second-order valence-electron chi connectivity index (χ2n) is 6.36. The lowest BCUT2D eigenvalue weighted by Gasteiger charge is -2.39. The summed E-state index contributed by atoms with van der Waals surface area (Å²) in [5, 5.41) is 3.30. The molecule has 1 aromatic rings. The Bertz CT molecular complexity index is 738. The summed E-state index contributed by atoms with van der Waals surface area (Å²) in [5.41, 5.74) is 0.997. The van der Waals surface area contributed by atoms with Crippen LogP contribution in [0.1, 0.15) is 19.4 Å². The van der Waals surface area contributed by atoms with Gasteiger partial charge in [-0.3, -0.25) is 4.99 Å². The van der Waals surface area contributed by atoms with Gasteiger partial charge in [-0.1, -0.05) is 15.9 Å². The van der Waals surface area contributed by atoms with Crippen LogP contribution in [0.3, 0.4) is 0 Å². The Labute approximate surface area is 175 Å². The van der Waals surface area contributed by atoms with E-state index in [4.69, 9.17) is 4.74 Å². The van der Waals surface area contributed by atoms with E-state index < -0.39 is 14.6 Å². The fraction of sp³-hybridized carbons (Fsp3) is 0.562. The van der Waals surface area contributed by atoms with Gasteiger partial charge in [-0.2, -0.15) is 0 Å². The lowest BCUT2D eigenvalue weighted by molar-refractivity contribution is 0.352. The topological polar surface area (TPSA) is 71.0 Å². The van der Waals surface area contributed by atoms with Gasteiger partial charge in [0.2, 0.25) is 0 Å². The molecule has 0 saturated carbocycles. The molecule has 1 aromatic carbocycles. The summed E-state index contributed by atoms with van der Waals surface area (Å²) in [5.74, 6) is 1.63. The molecule has 1 aliphatic heterocycles. The number of benzene rings is 1. The maximum absolute atomic E-state index is 12.2. The van der Waals surface area contributed by atoms with E-state index in [0.29, 0.717) is 25.6 Å². The Kier molecular flexibility index (Phi) is 8.00. The molecule has 142 valence electrons. The van der Waals surface area contributed by atoms with Crippen molar-refractivity contribution in [2.45, 2.75) is 25.1 Å². The Morgan fingerprint density at radius 1 is 1.44 bits per heavy atom. The molecular formula is C16H25BrIN3O3S. The molecule has 2 rings (SSSR count). The first-order valence-corrected chi connectivity index (χ1v) is 10.1. The number of nitrogens with zero attached hydrogens (tertiary/aromatic N) is 2. The largest absolute Gasteiger partial charge is 0.496 e. The molecule has 1 saturated heterocycles. The molecule has 0 aliphatic carbocycles. The van der Waals surface area contributed by atoms with Crippen LogP contribution in [0.4, 0.5) is 0 Å². The van der Waals surface area contributed by atoms with Crippen molar-refractivity contribution in [2.24, 2.45) is 4.99 Å². The lowest BCUT2D eigenvalue weighted by Crippen LogP contribution is -2.57. The Hall–Kier alpha value is -0.550. The minimum atomic E-state index is -3.07. The van der Waals surface area contributed by atoms with Gasteiger partial charge in [0.05, 0.1) is 17.6 Å². The number of sulfone groups is 1. The molecule has 0 radical (unpaired) electrons. The summed E-state index contributed by atoms with van der Waals surface area (Å²) in [6.45, 7) is 4.93. The van der Waals surface area contributed by atoms with Crippen LogP contribution >= 0.6 is 39.9 Å². The normalized spacial score (nSPS) is 19.1. The molecule has 0 aromatic heterocycles. The summed E-state index contributed by atoms with van der Waals surface area (Å²) in [6, 6.07) is 5.82. The molecule has 0 bridgehead atoms. The van der Waals surface area contributed by atoms with E-state index in [9.17, 15) is 8.42 Å². The smallest absolute Gasteiger partial charge is 0.193 e. The molecule has 6 nitrogen and oxygen atoms in total. The first-order chi connectivity index (χ1) is 11.2. The number of hydrogen-bond acceptors (Lipinski definition) is 4. The third-order valence-corrected chi connectivity index (χ3v) is 7.26. The van der Waals surface area contributed by atoms with Crippen molar-refractivity contribution in [2.75, 3.05) is 33.0 Å². The molecule has 1 N–H and O–H groups in total. The lowest BCUT2D eigenvalue weighted by atomic mass is 10.2. The first kappa shape index (κ1) is 22.5. The van der Waals surface area contributed by atoms with Gasteiger partial charge in [-0.15, -0.1) is 24.0 Å². The van der Waals surface area contributed by atoms with Gasteiger partial charge in [-0.05, 0) is 32.0 Å². The van der Waals surface area contributed by atoms with Crippen molar-refractivity contribution in [1.29, 1.82) is 0 Å². The maximum atomic E-state index is 12.2. The van der Waals surface area contributed by atoms with Crippen LogP contribution < -0.4 is 10.1 Å². The van der Waals surface area contributed by atoms with E-state index >= 15 is 0 Å². The second-order valence-corrected chi connectivity index (χ2v) is 10.0. The molecule has 1 fully saturated rings. The van der Waals surface area contributed by atoms with Crippen LogP contribution in [-0.4, -0.2) is 57.0 Å². The molecule has 1 aliphatic rings. The zero-order valence-corrected chi connectivity index (χ0v) is 19.6. The van der Waals surface area contributed by atoms with E-state index in [1.54, 1.807) is 28.0 Å². The van der Waals surface area contributed by atoms with Crippen molar-refractivity contribution in [3.63, 3.8) is 0 Å². The standard InChI is InChI=1S/C16H24BrN3O3S.HI/c1-16(2)11-20(7-8-24(16,21)22)15(18-3)19-10-12-9-13(17)5-6-14(12)23-4;/h5-6,9H,7-8,10-11H2,1-4H3,(H,18,19);1H. The van der Waals surface area contributed by atoms with Crippen LogP contribution in [0.5, 0.6) is 5.75 Å². The highest BCUT2D eigenvalue weighted by molar-refractivity contribution is 14.0. The zero-order chi connectivity index (χ0) is 18.0. The highest BCUT2D eigenvalue weighted by atomic mass is 127. The van der Waals surface area contributed by atoms with Crippen molar-refractivity contribution in [1.82, 2.24) is 10.2 Å². The van der Waals surface area contributed by atoms with Gasteiger partial charge in [0.15, 0.2) is 15.8 Å². The number of nitrogens with one attached hydrogen (secondary N) is 1. The van der Waals surface area contributed by atoms with E-state index in [1.165, 1.54) is 0 Å². The molecule has 0 amide bonds. The van der Waals surface area contributed by atoms with Gasteiger partial charge in [0, 0.05) is 36.7 Å². The predicted molar refractivity (Wildman–Crippen MR) is 116 cm³/mol. The van der Waals surface area contributed by atoms with Crippen LogP contribution in [0.25, 0.3) is 0 Å². The average Bonchev–Trinajstić information content (AvgIpc) is 2.51. The molecule has 0 spiro atoms.